The lowest BCUT2D eigenvalue weighted by atomic mass is 10.1. The quantitative estimate of drug-likeness (QED) is 0.875. The van der Waals surface area contributed by atoms with Crippen molar-refractivity contribution in [1.29, 1.82) is 0 Å². The maximum absolute atomic E-state index is 11.9. The fourth-order valence-electron chi connectivity index (χ4n) is 2.01. The van der Waals surface area contributed by atoms with E-state index in [4.69, 9.17) is 5.11 Å². The van der Waals surface area contributed by atoms with Crippen molar-refractivity contribution in [2.24, 2.45) is 0 Å². The minimum absolute atomic E-state index is 0.00813. The molecule has 5 heteroatoms. The highest BCUT2D eigenvalue weighted by Crippen LogP contribution is 2.11. The van der Waals surface area contributed by atoms with Crippen molar-refractivity contribution >= 4 is 11.9 Å². The van der Waals surface area contributed by atoms with Crippen LogP contribution in [-0.2, 0) is 11.3 Å². The average Bonchev–Trinajstić information content (AvgIpc) is 2.87. The van der Waals surface area contributed by atoms with E-state index in [1.54, 1.807) is 12.3 Å². The van der Waals surface area contributed by atoms with Gasteiger partial charge in [-0.3, -0.25) is 4.79 Å². The highest BCUT2D eigenvalue weighted by molar-refractivity contribution is 5.86. The van der Waals surface area contributed by atoms with Crippen molar-refractivity contribution in [1.82, 2.24) is 9.88 Å². The zero-order valence-corrected chi connectivity index (χ0v) is 11.1. The molecule has 0 radical (unpaired) electrons. The van der Waals surface area contributed by atoms with E-state index < -0.39 is 5.97 Å². The molecule has 0 spiro atoms. The first-order valence-electron chi connectivity index (χ1n) is 6.30. The Kier molecular flexibility index (Phi) is 4.20. The number of carbonyl (C=O) groups excluding carboxylic acids is 1. The van der Waals surface area contributed by atoms with E-state index in [0.717, 1.165) is 5.56 Å². The zero-order valence-electron chi connectivity index (χ0n) is 11.1. The summed E-state index contributed by atoms with van der Waals surface area (Å²) in [6.45, 7) is 1.88. The number of rotatable bonds is 5. The number of hydrogen-bond donors (Lipinski definition) is 2. The van der Waals surface area contributed by atoms with Gasteiger partial charge in [0.25, 0.3) is 0 Å². The van der Waals surface area contributed by atoms with E-state index in [0.29, 0.717) is 0 Å². The molecule has 104 valence electrons. The number of hydrogen-bond acceptors (Lipinski definition) is 2. The van der Waals surface area contributed by atoms with Gasteiger partial charge in [-0.25, -0.2) is 4.79 Å². The number of aromatic carboxylic acids is 1. The lowest BCUT2D eigenvalue weighted by Gasteiger charge is -2.15. The molecule has 1 heterocycles. The molecule has 1 unspecified atom stereocenters. The Hall–Kier alpha value is -2.56. The van der Waals surface area contributed by atoms with Gasteiger partial charge in [0.15, 0.2) is 0 Å². The summed E-state index contributed by atoms with van der Waals surface area (Å²) in [6.07, 6.45) is 1.58. The van der Waals surface area contributed by atoms with Crippen LogP contribution in [0.25, 0.3) is 0 Å². The van der Waals surface area contributed by atoms with E-state index in [-0.39, 0.29) is 24.2 Å². The molecule has 2 aromatic rings. The third kappa shape index (κ3) is 3.26. The Balaban J connectivity index is 1.99. The van der Waals surface area contributed by atoms with Gasteiger partial charge in [0.1, 0.15) is 12.2 Å². The number of benzene rings is 1. The van der Waals surface area contributed by atoms with Gasteiger partial charge < -0.3 is 15.0 Å². The van der Waals surface area contributed by atoms with Crippen LogP contribution >= 0.6 is 0 Å². The van der Waals surface area contributed by atoms with Gasteiger partial charge in [-0.15, -0.1) is 0 Å². The maximum Gasteiger partial charge on any atom is 0.352 e. The number of carbonyl (C=O) groups is 2. The summed E-state index contributed by atoms with van der Waals surface area (Å²) in [5, 5.41) is 11.8. The van der Waals surface area contributed by atoms with Crippen molar-refractivity contribution in [2.45, 2.75) is 19.5 Å². The number of aromatic nitrogens is 1. The van der Waals surface area contributed by atoms with E-state index in [1.807, 2.05) is 37.3 Å². The van der Waals surface area contributed by atoms with Crippen LogP contribution in [0.1, 0.15) is 29.0 Å². The predicted molar refractivity (Wildman–Crippen MR) is 74.4 cm³/mol. The molecular weight excluding hydrogens is 256 g/mol. The average molecular weight is 272 g/mol. The molecule has 1 atom stereocenters. The highest BCUT2D eigenvalue weighted by atomic mass is 16.4. The molecule has 0 aliphatic rings. The summed E-state index contributed by atoms with van der Waals surface area (Å²) < 4.78 is 1.41. The molecule has 20 heavy (non-hydrogen) atoms. The van der Waals surface area contributed by atoms with Crippen molar-refractivity contribution < 1.29 is 14.7 Å². The van der Waals surface area contributed by atoms with Crippen molar-refractivity contribution in [3.8, 4) is 0 Å². The predicted octanol–water partition coefficient (Wildman–Crippen LogP) is 2.06. The molecule has 0 fully saturated rings. The lowest BCUT2D eigenvalue weighted by Crippen LogP contribution is -2.30. The van der Waals surface area contributed by atoms with E-state index >= 15 is 0 Å². The number of carboxylic acids is 1. The van der Waals surface area contributed by atoms with E-state index in [2.05, 4.69) is 5.32 Å². The second kappa shape index (κ2) is 6.06. The third-order valence-electron chi connectivity index (χ3n) is 3.04. The van der Waals surface area contributed by atoms with Crippen LogP contribution in [-0.4, -0.2) is 21.6 Å². The molecule has 0 saturated heterocycles. The molecule has 2 N–H and O–H groups in total. The van der Waals surface area contributed by atoms with Gasteiger partial charge in [-0.2, -0.15) is 0 Å². The minimum atomic E-state index is -1.04. The standard InChI is InChI=1S/C15H16N2O3/c1-11(12-6-3-2-4-7-12)16-14(18)10-17-9-5-8-13(17)15(19)20/h2-9,11H,10H2,1H3,(H,16,18)(H,19,20). The number of nitrogens with one attached hydrogen (secondary N) is 1. The molecule has 0 aliphatic carbocycles. The van der Waals surface area contributed by atoms with Crippen LogP contribution in [0.4, 0.5) is 0 Å². The first-order valence-corrected chi connectivity index (χ1v) is 6.30. The van der Waals surface area contributed by atoms with Crippen LogP contribution in [0.15, 0.2) is 48.7 Å². The smallest absolute Gasteiger partial charge is 0.352 e. The van der Waals surface area contributed by atoms with Gasteiger partial charge in [-0.05, 0) is 24.6 Å². The summed E-state index contributed by atoms with van der Waals surface area (Å²) >= 11 is 0. The van der Waals surface area contributed by atoms with Gasteiger partial charge >= 0.3 is 5.97 Å². The summed E-state index contributed by atoms with van der Waals surface area (Å²) in [4.78, 5) is 22.9. The molecule has 5 nitrogen and oxygen atoms in total. The number of carboxylic acid groups (broad SMARTS) is 1. The Morgan fingerprint density at radius 3 is 2.55 bits per heavy atom. The molecule has 0 bridgehead atoms. The minimum Gasteiger partial charge on any atom is -0.477 e. The molecule has 0 saturated carbocycles. The molecule has 1 amide bonds. The first kappa shape index (κ1) is 13.9. The Morgan fingerprint density at radius 2 is 1.90 bits per heavy atom. The first-order chi connectivity index (χ1) is 9.58. The molecular formula is C15H16N2O3. The summed E-state index contributed by atoms with van der Waals surface area (Å²) in [7, 11) is 0. The molecule has 1 aromatic carbocycles. The topological polar surface area (TPSA) is 71.3 Å². The van der Waals surface area contributed by atoms with Crippen LogP contribution in [0, 0.1) is 0 Å². The maximum atomic E-state index is 11.9. The van der Waals surface area contributed by atoms with Gasteiger partial charge in [0.2, 0.25) is 5.91 Å². The highest BCUT2D eigenvalue weighted by Gasteiger charge is 2.13. The van der Waals surface area contributed by atoms with Crippen LogP contribution < -0.4 is 5.32 Å². The van der Waals surface area contributed by atoms with Crippen molar-refractivity contribution in [2.75, 3.05) is 0 Å². The van der Waals surface area contributed by atoms with Gasteiger partial charge in [0.05, 0.1) is 6.04 Å². The summed E-state index contributed by atoms with van der Waals surface area (Å²) in [5.74, 6) is -1.26. The number of nitrogens with zero attached hydrogens (tertiary/aromatic N) is 1. The monoisotopic (exact) mass is 272 g/mol. The molecule has 1 aromatic heterocycles. The fourth-order valence-corrected chi connectivity index (χ4v) is 2.01. The SMILES string of the molecule is CC(NC(=O)Cn1cccc1C(=O)O)c1ccccc1. The van der Waals surface area contributed by atoms with E-state index in [1.165, 1.54) is 10.6 Å². The van der Waals surface area contributed by atoms with Crippen molar-refractivity contribution in [3.05, 3.63) is 59.9 Å². The summed E-state index contributed by atoms with van der Waals surface area (Å²) in [5.41, 5.74) is 1.11. The normalized spacial score (nSPS) is 11.8. The second-order valence-electron chi connectivity index (χ2n) is 4.53. The Labute approximate surface area is 116 Å². The second-order valence-corrected chi connectivity index (χ2v) is 4.53. The lowest BCUT2D eigenvalue weighted by molar-refractivity contribution is -0.122. The fraction of sp³-hybridized carbons (Fsp3) is 0.200. The van der Waals surface area contributed by atoms with Crippen LogP contribution in [0.3, 0.4) is 0 Å². The summed E-state index contributed by atoms with van der Waals surface area (Å²) in [6, 6.07) is 12.6. The Bertz CT molecular complexity index is 605. The Morgan fingerprint density at radius 1 is 1.20 bits per heavy atom. The van der Waals surface area contributed by atoms with Crippen LogP contribution in [0.5, 0.6) is 0 Å². The molecule has 2 rings (SSSR count). The van der Waals surface area contributed by atoms with E-state index in [9.17, 15) is 9.59 Å². The van der Waals surface area contributed by atoms with Gasteiger partial charge in [-0.1, -0.05) is 30.3 Å². The molecule has 0 aliphatic heterocycles. The largest absolute Gasteiger partial charge is 0.477 e. The zero-order chi connectivity index (χ0) is 14.5. The van der Waals surface area contributed by atoms with Crippen LogP contribution in [0.2, 0.25) is 0 Å². The number of amides is 1. The third-order valence-corrected chi connectivity index (χ3v) is 3.04. The van der Waals surface area contributed by atoms with Gasteiger partial charge in [0, 0.05) is 6.20 Å². The van der Waals surface area contributed by atoms with Crippen molar-refractivity contribution in [3.63, 3.8) is 0 Å².